The fourth-order valence-corrected chi connectivity index (χ4v) is 4.21. The van der Waals surface area contributed by atoms with Crippen LogP contribution in [0.1, 0.15) is 50.8 Å². The molecule has 8 heteroatoms. The molecule has 3 amide bonds. The second kappa shape index (κ2) is 6.88. The van der Waals surface area contributed by atoms with Crippen LogP contribution in [0.3, 0.4) is 0 Å². The second-order valence-electron chi connectivity index (χ2n) is 6.15. The van der Waals surface area contributed by atoms with Gasteiger partial charge in [0.2, 0.25) is 0 Å². The highest BCUT2D eigenvalue weighted by atomic mass is 32.1. The van der Waals surface area contributed by atoms with Gasteiger partial charge in [-0.2, -0.15) is 5.10 Å². The van der Waals surface area contributed by atoms with Crippen molar-refractivity contribution < 1.29 is 9.59 Å². The van der Waals surface area contributed by atoms with Crippen molar-refractivity contribution in [2.24, 2.45) is 5.10 Å². The minimum atomic E-state index is -0.729. The Kier molecular flexibility index (Phi) is 4.84. The molecule has 130 valence electrons. The van der Waals surface area contributed by atoms with Crippen molar-refractivity contribution in [3.8, 4) is 0 Å². The molecule has 24 heavy (non-hydrogen) atoms. The molecule has 1 N–H and O–H groups in total. The van der Waals surface area contributed by atoms with Gasteiger partial charge in [-0.1, -0.05) is 30.6 Å². The van der Waals surface area contributed by atoms with E-state index in [0.717, 1.165) is 47.4 Å². The first-order valence-electron chi connectivity index (χ1n) is 8.51. The lowest BCUT2D eigenvalue weighted by molar-refractivity contribution is -0.132. The molecule has 1 aliphatic carbocycles. The number of imide groups is 1. The minimum absolute atomic E-state index is 0.225. The van der Waals surface area contributed by atoms with E-state index in [1.807, 2.05) is 0 Å². The van der Waals surface area contributed by atoms with Gasteiger partial charge in [-0.3, -0.25) is 4.79 Å². The van der Waals surface area contributed by atoms with Gasteiger partial charge in [0, 0.05) is 19.3 Å². The summed E-state index contributed by atoms with van der Waals surface area (Å²) < 4.78 is 0. The highest BCUT2D eigenvalue weighted by molar-refractivity contribution is 7.17. The van der Waals surface area contributed by atoms with E-state index < -0.39 is 11.6 Å². The predicted molar refractivity (Wildman–Crippen MR) is 94.5 cm³/mol. The normalized spacial score (nSPS) is 20.2. The molecule has 0 atom stereocenters. The Morgan fingerprint density at radius 3 is 2.71 bits per heavy atom. The number of nitrogens with zero attached hydrogens (tertiary/aromatic N) is 4. The topological polar surface area (TPSA) is 77.9 Å². The molecule has 2 fully saturated rings. The Bertz CT molecular complexity index is 647. The number of nitrogens with one attached hydrogen (secondary N) is 1. The lowest BCUT2D eigenvalue weighted by Crippen LogP contribution is -2.48. The van der Waals surface area contributed by atoms with Crippen LogP contribution in [0.25, 0.3) is 0 Å². The smallest absolute Gasteiger partial charge is 0.346 e. The van der Waals surface area contributed by atoms with E-state index in [2.05, 4.69) is 34.1 Å². The third-order valence-corrected chi connectivity index (χ3v) is 5.69. The Balaban J connectivity index is 1.72. The van der Waals surface area contributed by atoms with E-state index in [0.29, 0.717) is 12.8 Å². The van der Waals surface area contributed by atoms with Gasteiger partial charge in [-0.05, 0) is 26.7 Å². The van der Waals surface area contributed by atoms with Crippen LogP contribution in [-0.2, 0) is 4.79 Å². The van der Waals surface area contributed by atoms with Crippen LogP contribution < -0.4 is 10.2 Å². The van der Waals surface area contributed by atoms with Gasteiger partial charge in [0.15, 0.2) is 5.13 Å². The molecule has 1 aromatic rings. The third kappa shape index (κ3) is 3.02. The number of hydrogen-bond acceptors (Lipinski definition) is 6. The summed E-state index contributed by atoms with van der Waals surface area (Å²) in [6.07, 6.45) is 7.72. The van der Waals surface area contributed by atoms with Crippen molar-refractivity contribution in [1.82, 2.24) is 15.3 Å². The molecule has 7 nitrogen and oxygen atoms in total. The van der Waals surface area contributed by atoms with Crippen molar-refractivity contribution in [2.75, 3.05) is 18.0 Å². The Labute approximate surface area is 145 Å². The van der Waals surface area contributed by atoms with Gasteiger partial charge in [-0.25, -0.2) is 9.78 Å². The van der Waals surface area contributed by atoms with E-state index in [1.165, 1.54) is 11.3 Å². The van der Waals surface area contributed by atoms with Crippen LogP contribution in [0.4, 0.5) is 9.93 Å². The maximum atomic E-state index is 12.6. The van der Waals surface area contributed by atoms with Gasteiger partial charge in [0.05, 0.1) is 11.1 Å². The fourth-order valence-electron chi connectivity index (χ4n) is 3.30. The summed E-state index contributed by atoms with van der Waals surface area (Å²) in [5.41, 5.74) is -0.729. The molecule has 1 saturated heterocycles. The minimum Gasteiger partial charge on any atom is -0.349 e. The molecule has 2 heterocycles. The molecule has 2 aliphatic rings. The Morgan fingerprint density at radius 2 is 2.04 bits per heavy atom. The first-order valence-corrected chi connectivity index (χ1v) is 9.32. The van der Waals surface area contributed by atoms with Crippen LogP contribution in [0.2, 0.25) is 0 Å². The zero-order chi connectivity index (χ0) is 17.2. The average molecular weight is 349 g/mol. The van der Waals surface area contributed by atoms with Gasteiger partial charge >= 0.3 is 6.03 Å². The lowest BCUT2D eigenvalue weighted by Gasteiger charge is -2.29. The molecular formula is C16H23N5O2S. The second-order valence-corrected chi connectivity index (χ2v) is 7.19. The third-order valence-electron chi connectivity index (χ3n) is 4.69. The fraction of sp³-hybridized carbons (Fsp3) is 0.625. The standard InChI is InChI=1S/C16H23N5O2S/c1-3-20(4-2)15-17-10-12(24-15)11-18-21-13(22)16(19-14(21)23)8-6-5-7-9-16/h10-11H,3-9H2,1-2H3,(H,19,23)/b18-11-. The van der Waals surface area contributed by atoms with Crippen LogP contribution in [-0.4, -0.2) is 46.8 Å². The monoisotopic (exact) mass is 349 g/mol. The van der Waals surface area contributed by atoms with E-state index in [1.54, 1.807) is 12.4 Å². The van der Waals surface area contributed by atoms with Crippen LogP contribution in [0.15, 0.2) is 11.3 Å². The lowest BCUT2D eigenvalue weighted by atomic mass is 9.82. The van der Waals surface area contributed by atoms with Crippen molar-refractivity contribution in [2.45, 2.75) is 51.5 Å². The number of aromatic nitrogens is 1. The quantitative estimate of drug-likeness (QED) is 0.655. The SMILES string of the molecule is CCN(CC)c1ncc(/C=N\N2C(=O)NC3(CCCCC3)C2=O)s1. The molecule has 3 rings (SSSR count). The van der Waals surface area contributed by atoms with Crippen LogP contribution >= 0.6 is 11.3 Å². The number of urea groups is 1. The first-order chi connectivity index (χ1) is 11.6. The highest BCUT2D eigenvalue weighted by Gasteiger charge is 2.51. The maximum Gasteiger partial charge on any atom is 0.346 e. The van der Waals surface area contributed by atoms with Crippen LogP contribution in [0, 0.1) is 0 Å². The Hall–Kier alpha value is -1.96. The van der Waals surface area contributed by atoms with E-state index in [-0.39, 0.29) is 5.91 Å². The first kappa shape index (κ1) is 16.9. The summed E-state index contributed by atoms with van der Waals surface area (Å²) in [7, 11) is 0. The number of thiazole rings is 1. The zero-order valence-electron chi connectivity index (χ0n) is 14.1. The molecule has 0 radical (unpaired) electrons. The molecule has 1 aromatic heterocycles. The molecular weight excluding hydrogens is 326 g/mol. The number of carbonyl (C=O) groups is 2. The number of amides is 3. The summed E-state index contributed by atoms with van der Waals surface area (Å²) >= 11 is 1.50. The summed E-state index contributed by atoms with van der Waals surface area (Å²) in [6.45, 7) is 5.93. The van der Waals surface area contributed by atoms with E-state index >= 15 is 0 Å². The maximum absolute atomic E-state index is 12.6. The Morgan fingerprint density at radius 1 is 1.33 bits per heavy atom. The van der Waals surface area contributed by atoms with Gasteiger partial charge in [0.1, 0.15) is 5.54 Å². The van der Waals surface area contributed by atoms with E-state index in [9.17, 15) is 9.59 Å². The number of anilines is 1. The number of carbonyl (C=O) groups excluding carboxylic acids is 2. The zero-order valence-corrected chi connectivity index (χ0v) is 14.9. The van der Waals surface area contributed by atoms with Gasteiger partial charge in [0.25, 0.3) is 5.91 Å². The van der Waals surface area contributed by atoms with Crippen LogP contribution in [0.5, 0.6) is 0 Å². The van der Waals surface area contributed by atoms with Crippen molar-refractivity contribution in [3.05, 3.63) is 11.1 Å². The predicted octanol–water partition coefficient (Wildman–Crippen LogP) is 2.58. The molecule has 1 saturated carbocycles. The summed E-state index contributed by atoms with van der Waals surface area (Å²) in [5.74, 6) is -0.225. The van der Waals surface area contributed by atoms with Gasteiger partial charge in [-0.15, -0.1) is 5.01 Å². The number of hydrazone groups is 1. The molecule has 0 aromatic carbocycles. The summed E-state index contributed by atoms with van der Waals surface area (Å²) in [6, 6.07) is -0.424. The number of hydrogen-bond donors (Lipinski definition) is 1. The van der Waals surface area contributed by atoms with E-state index in [4.69, 9.17) is 0 Å². The molecule has 1 spiro atoms. The van der Waals surface area contributed by atoms with Crippen molar-refractivity contribution in [1.29, 1.82) is 0 Å². The van der Waals surface area contributed by atoms with Crippen molar-refractivity contribution in [3.63, 3.8) is 0 Å². The molecule has 1 aliphatic heterocycles. The largest absolute Gasteiger partial charge is 0.349 e. The summed E-state index contributed by atoms with van der Waals surface area (Å²) in [4.78, 5) is 32.1. The highest BCUT2D eigenvalue weighted by Crippen LogP contribution is 2.33. The summed E-state index contributed by atoms with van der Waals surface area (Å²) in [5, 5.41) is 8.87. The average Bonchev–Trinajstić information content (AvgIpc) is 3.13. The molecule has 0 unspecified atom stereocenters. The van der Waals surface area contributed by atoms with Crippen molar-refractivity contribution >= 4 is 34.6 Å². The van der Waals surface area contributed by atoms with Gasteiger partial charge < -0.3 is 10.2 Å². The molecule has 0 bridgehead atoms. The number of rotatable bonds is 5.